The van der Waals surface area contributed by atoms with Gasteiger partial charge in [0.05, 0.1) is 26.9 Å². The molecule has 5 nitrogen and oxygen atoms in total. The van der Waals surface area contributed by atoms with Gasteiger partial charge in [0.1, 0.15) is 5.75 Å². The first-order valence-electron chi connectivity index (χ1n) is 8.72. The number of para-hydroxylation sites is 1. The second kappa shape index (κ2) is 9.78. The highest BCUT2D eigenvalue weighted by Crippen LogP contribution is 2.33. The number of ketones is 1. The van der Waals surface area contributed by atoms with Crippen LogP contribution in [0.1, 0.15) is 35.3 Å². The molecule has 0 heterocycles. The van der Waals surface area contributed by atoms with Crippen LogP contribution in [0.3, 0.4) is 0 Å². The second-order valence-corrected chi connectivity index (χ2v) is 6.20. The zero-order valence-electron chi connectivity index (χ0n) is 16.4. The zero-order chi connectivity index (χ0) is 19.8. The van der Waals surface area contributed by atoms with Crippen LogP contribution in [0.2, 0.25) is 0 Å². The van der Waals surface area contributed by atoms with Gasteiger partial charge in [-0.3, -0.25) is 4.79 Å². The van der Waals surface area contributed by atoms with Crippen LogP contribution in [-0.4, -0.2) is 33.2 Å². The maximum atomic E-state index is 12.6. The Morgan fingerprint density at radius 3 is 2.41 bits per heavy atom. The summed E-state index contributed by atoms with van der Waals surface area (Å²) >= 11 is 0. The Balaban J connectivity index is 2.30. The number of carbonyl (C=O) groups excluding carboxylic acids is 1. The number of ether oxygens (including phenoxy) is 4. The highest BCUT2D eigenvalue weighted by Gasteiger charge is 2.12. The fourth-order valence-electron chi connectivity index (χ4n) is 2.65. The van der Waals surface area contributed by atoms with Crippen LogP contribution in [0.5, 0.6) is 17.2 Å². The minimum atomic E-state index is -0.117. The summed E-state index contributed by atoms with van der Waals surface area (Å²) in [6.45, 7) is 4.26. The summed E-state index contributed by atoms with van der Waals surface area (Å²) in [6.07, 6.45) is 3.26. The van der Waals surface area contributed by atoms with Crippen molar-refractivity contribution in [2.75, 3.05) is 21.3 Å². The van der Waals surface area contributed by atoms with Crippen molar-refractivity contribution in [2.45, 2.75) is 26.6 Å². The number of methoxy groups -OCH3 is 3. The quantitative estimate of drug-likeness (QED) is 0.479. The van der Waals surface area contributed by atoms with E-state index in [-0.39, 0.29) is 11.9 Å². The molecule has 0 bridgehead atoms. The van der Waals surface area contributed by atoms with Crippen molar-refractivity contribution in [3.05, 3.63) is 59.2 Å². The molecule has 0 saturated heterocycles. The molecule has 2 aromatic rings. The topological polar surface area (TPSA) is 54.0 Å². The van der Waals surface area contributed by atoms with E-state index in [0.717, 1.165) is 11.1 Å². The number of carbonyl (C=O) groups is 1. The first-order chi connectivity index (χ1) is 13.0. The van der Waals surface area contributed by atoms with Gasteiger partial charge in [-0.2, -0.15) is 0 Å². The Hall–Kier alpha value is -2.79. The molecule has 0 amide bonds. The van der Waals surface area contributed by atoms with Gasteiger partial charge in [-0.25, -0.2) is 0 Å². The fraction of sp³-hybridized carbons (Fsp3) is 0.318. The van der Waals surface area contributed by atoms with Gasteiger partial charge in [-0.15, -0.1) is 0 Å². The van der Waals surface area contributed by atoms with E-state index in [4.69, 9.17) is 18.9 Å². The van der Waals surface area contributed by atoms with Gasteiger partial charge in [0.2, 0.25) is 0 Å². The van der Waals surface area contributed by atoms with Crippen molar-refractivity contribution < 1.29 is 23.7 Å². The van der Waals surface area contributed by atoms with E-state index in [0.29, 0.717) is 29.4 Å². The third kappa shape index (κ3) is 5.34. The minimum absolute atomic E-state index is 0.0117. The van der Waals surface area contributed by atoms with Crippen LogP contribution in [0, 0.1) is 0 Å². The van der Waals surface area contributed by atoms with Crippen molar-refractivity contribution >= 4 is 11.9 Å². The van der Waals surface area contributed by atoms with Crippen LogP contribution in [0.25, 0.3) is 6.08 Å². The summed E-state index contributed by atoms with van der Waals surface area (Å²) in [5.74, 6) is 1.82. The van der Waals surface area contributed by atoms with Gasteiger partial charge in [0.25, 0.3) is 0 Å². The first kappa shape index (κ1) is 20.5. The van der Waals surface area contributed by atoms with Crippen LogP contribution in [0.4, 0.5) is 0 Å². The molecule has 0 aromatic heterocycles. The average molecular weight is 370 g/mol. The van der Waals surface area contributed by atoms with Gasteiger partial charge in [0.15, 0.2) is 17.3 Å². The van der Waals surface area contributed by atoms with E-state index in [9.17, 15) is 4.79 Å². The second-order valence-electron chi connectivity index (χ2n) is 6.20. The molecule has 0 fully saturated rings. The van der Waals surface area contributed by atoms with Crippen LogP contribution in [0.15, 0.2) is 42.5 Å². The van der Waals surface area contributed by atoms with Crippen LogP contribution < -0.4 is 14.2 Å². The Kier molecular flexibility index (Phi) is 7.44. The Bertz CT molecular complexity index is 808. The number of hydrogen-bond donors (Lipinski definition) is 0. The lowest BCUT2D eigenvalue weighted by atomic mass is 10.0. The maximum Gasteiger partial charge on any atom is 0.185 e. The summed E-state index contributed by atoms with van der Waals surface area (Å²) in [4.78, 5) is 12.6. The number of benzene rings is 2. The largest absolute Gasteiger partial charge is 0.496 e. The lowest BCUT2D eigenvalue weighted by molar-refractivity contribution is 0.104. The molecule has 0 saturated carbocycles. The standard InChI is InChI=1S/C22H26O5/c1-15(2)27-22-16(7-6-8-21(22)26-5)9-11-19(23)17-10-12-20(25-4)18(13-17)14-24-3/h6-13,15H,14H2,1-5H3/b11-9+. The SMILES string of the molecule is COCc1cc(C(=O)/C=C/c2cccc(OC)c2OC(C)C)ccc1OC. The number of allylic oxidation sites excluding steroid dienone is 1. The van der Waals surface area contributed by atoms with E-state index in [1.165, 1.54) is 6.08 Å². The summed E-state index contributed by atoms with van der Waals surface area (Å²) in [6, 6.07) is 10.9. The molecule has 0 aliphatic rings. The molecular weight excluding hydrogens is 344 g/mol. The van der Waals surface area contributed by atoms with Crippen molar-refractivity contribution in [1.29, 1.82) is 0 Å². The predicted octanol–water partition coefficient (Wildman–Crippen LogP) is 4.53. The average Bonchev–Trinajstić information content (AvgIpc) is 2.66. The van der Waals surface area contributed by atoms with Crippen LogP contribution in [-0.2, 0) is 11.3 Å². The molecule has 27 heavy (non-hydrogen) atoms. The van der Waals surface area contributed by atoms with Crippen molar-refractivity contribution in [2.24, 2.45) is 0 Å². The summed E-state index contributed by atoms with van der Waals surface area (Å²) in [7, 11) is 4.79. The van der Waals surface area contributed by atoms with Gasteiger partial charge < -0.3 is 18.9 Å². The smallest absolute Gasteiger partial charge is 0.185 e. The molecule has 0 atom stereocenters. The van der Waals surface area contributed by atoms with Gasteiger partial charge >= 0.3 is 0 Å². The molecule has 2 aromatic carbocycles. The van der Waals surface area contributed by atoms with Crippen molar-refractivity contribution in [1.82, 2.24) is 0 Å². The Labute approximate surface area is 160 Å². The molecule has 5 heteroatoms. The number of rotatable bonds is 9. The van der Waals surface area contributed by atoms with E-state index in [2.05, 4.69) is 0 Å². The fourth-order valence-corrected chi connectivity index (χ4v) is 2.65. The maximum absolute atomic E-state index is 12.6. The molecule has 0 unspecified atom stereocenters. The molecule has 0 spiro atoms. The van der Waals surface area contributed by atoms with Gasteiger partial charge in [-0.05, 0) is 50.3 Å². The summed E-state index contributed by atoms with van der Waals surface area (Å²) in [5.41, 5.74) is 2.17. The zero-order valence-corrected chi connectivity index (χ0v) is 16.4. The lowest BCUT2D eigenvalue weighted by Gasteiger charge is -2.15. The third-order valence-electron chi connectivity index (χ3n) is 3.86. The minimum Gasteiger partial charge on any atom is -0.496 e. The highest BCUT2D eigenvalue weighted by atomic mass is 16.5. The Morgan fingerprint density at radius 1 is 1.04 bits per heavy atom. The molecular formula is C22H26O5. The predicted molar refractivity (Wildman–Crippen MR) is 106 cm³/mol. The van der Waals surface area contributed by atoms with Crippen LogP contribution >= 0.6 is 0 Å². The molecule has 2 rings (SSSR count). The number of hydrogen-bond acceptors (Lipinski definition) is 5. The van der Waals surface area contributed by atoms with E-state index in [1.807, 2.05) is 32.0 Å². The van der Waals surface area contributed by atoms with E-state index < -0.39 is 0 Å². The summed E-state index contributed by atoms with van der Waals surface area (Å²) in [5, 5.41) is 0. The Morgan fingerprint density at radius 2 is 1.78 bits per heavy atom. The summed E-state index contributed by atoms with van der Waals surface area (Å²) < 4.78 is 21.7. The first-order valence-corrected chi connectivity index (χ1v) is 8.72. The lowest BCUT2D eigenvalue weighted by Crippen LogP contribution is -2.08. The third-order valence-corrected chi connectivity index (χ3v) is 3.86. The van der Waals surface area contributed by atoms with Crippen molar-refractivity contribution in [3.63, 3.8) is 0 Å². The normalized spacial score (nSPS) is 11.0. The van der Waals surface area contributed by atoms with Gasteiger partial charge in [-0.1, -0.05) is 12.1 Å². The molecule has 144 valence electrons. The van der Waals surface area contributed by atoms with Crippen molar-refractivity contribution in [3.8, 4) is 17.2 Å². The van der Waals surface area contributed by atoms with Gasteiger partial charge in [0, 0.05) is 23.8 Å². The van der Waals surface area contributed by atoms with E-state index >= 15 is 0 Å². The molecule has 0 N–H and O–H groups in total. The molecule has 0 radical (unpaired) electrons. The monoisotopic (exact) mass is 370 g/mol. The van der Waals surface area contributed by atoms with E-state index in [1.54, 1.807) is 45.6 Å². The highest BCUT2D eigenvalue weighted by molar-refractivity contribution is 6.07. The molecule has 0 aliphatic heterocycles. The molecule has 0 aliphatic carbocycles.